The van der Waals surface area contributed by atoms with Crippen molar-refractivity contribution in [1.82, 2.24) is 5.32 Å². The summed E-state index contributed by atoms with van der Waals surface area (Å²) in [7, 11) is 0. The summed E-state index contributed by atoms with van der Waals surface area (Å²) < 4.78 is 61.4. The number of hydrogen-bond donors (Lipinski definition) is 1. The summed E-state index contributed by atoms with van der Waals surface area (Å²) in [6.07, 6.45) is -3.73. The minimum absolute atomic E-state index is 0.113. The molecule has 0 aromatic heterocycles. The molecular formula is C10H9ClF5N. The van der Waals surface area contributed by atoms with Gasteiger partial charge in [-0.2, -0.15) is 8.78 Å². The zero-order valence-corrected chi connectivity index (χ0v) is 9.25. The minimum Gasteiger partial charge on any atom is -0.307 e. The van der Waals surface area contributed by atoms with E-state index in [2.05, 4.69) is 5.32 Å². The van der Waals surface area contributed by atoms with Crippen molar-refractivity contribution in [2.24, 2.45) is 0 Å². The molecule has 1 aromatic carbocycles. The van der Waals surface area contributed by atoms with Gasteiger partial charge in [0.05, 0.1) is 6.54 Å². The molecule has 0 bridgehead atoms. The van der Waals surface area contributed by atoms with Crippen molar-refractivity contribution >= 4 is 11.6 Å². The molecule has 0 unspecified atom stereocenters. The second-order valence-corrected chi connectivity index (χ2v) is 3.88. The van der Waals surface area contributed by atoms with Crippen LogP contribution in [-0.4, -0.2) is 18.9 Å². The molecule has 17 heavy (non-hydrogen) atoms. The molecule has 1 aromatic rings. The van der Waals surface area contributed by atoms with Crippen molar-refractivity contribution in [3.05, 3.63) is 34.6 Å². The molecule has 7 heteroatoms. The molecule has 1 nitrogen and oxygen atoms in total. The van der Waals surface area contributed by atoms with Crippen LogP contribution in [0.1, 0.15) is 5.56 Å². The summed E-state index contributed by atoms with van der Waals surface area (Å²) in [5.74, 6) is -4.72. The summed E-state index contributed by atoms with van der Waals surface area (Å²) in [4.78, 5) is 0. The van der Waals surface area contributed by atoms with Crippen LogP contribution in [0.2, 0.25) is 5.02 Å². The maximum Gasteiger partial charge on any atom is 0.319 e. The van der Waals surface area contributed by atoms with Crippen LogP contribution >= 0.6 is 11.6 Å². The standard InChI is InChI=1S/C10H9ClF5N/c11-7-1-6(2-8(12)3-7)4-17-5-10(15,16)9(13)14/h1-3,9,17H,4-5H2. The Morgan fingerprint density at radius 3 is 2.41 bits per heavy atom. The molecule has 0 saturated heterocycles. The highest BCUT2D eigenvalue weighted by Crippen LogP contribution is 2.21. The fourth-order valence-electron chi connectivity index (χ4n) is 1.16. The first-order valence-electron chi connectivity index (χ1n) is 4.63. The average molecular weight is 274 g/mol. The zero-order chi connectivity index (χ0) is 13.1. The van der Waals surface area contributed by atoms with Gasteiger partial charge in [0.15, 0.2) is 0 Å². The van der Waals surface area contributed by atoms with Gasteiger partial charge < -0.3 is 5.32 Å². The first-order chi connectivity index (χ1) is 7.81. The Balaban J connectivity index is 2.51. The maximum absolute atomic E-state index is 12.8. The Bertz CT molecular complexity index is 363. The van der Waals surface area contributed by atoms with Gasteiger partial charge >= 0.3 is 12.3 Å². The maximum atomic E-state index is 12.8. The lowest BCUT2D eigenvalue weighted by molar-refractivity contribution is -0.125. The molecule has 0 spiro atoms. The Kier molecular flexibility index (Phi) is 4.70. The highest BCUT2D eigenvalue weighted by atomic mass is 35.5. The molecule has 1 rings (SSSR count). The van der Waals surface area contributed by atoms with Gasteiger partial charge in [0, 0.05) is 11.6 Å². The van der Waals surface area contributed by atoms with E-state index in [1.807, 2.05) is 0 Å². The highest BCUT2D eigenvalue weighted by Gasteiger charge is 2.39. The van der Waals surface area contributed by atoms with Gasteiger partial charge in [0.2, 0.25) is 0 Å². The molecule has 0 saturated carbocycles. The Morgan fingerprint density at radius 2 is 1.88 bits per heavy atom. The van der Waals surface area contributed by atoms with Gasteiger partial charge in [0.1, 0.15) is 5.82 Å². The van der Waals surface area contributed by atoms with Crippen molar-refractivity contribution in [2.75, 3.05) is 6.54 Å². The number of alkyl halides is 4. The third-order valence-corrected chi connectivity index (χ3v) is 2.15. The summed E-state index contributed by atoms with van der Waals surface area (Å²) in [6.45, 7) is -1.35. The number of halogens is 6. The quantitative estimate of drug-likeness (QED) is 0.810. The van der Waals surface area contributed by atoms with E-state index in [4.69, 9.17) is 11.6 Å². The number of rotatable bonds is 5. The molecule has 0 amide bonds. The third kappa shape index (κ3) is 4.47. The molecule has 0 fully saturated rings. The second-order valence-electron chi connectivity index (χ2n) is 3.44. The molecule has 0 heterocycles. The monoisotopic (exact) mass is 273 g/mol. The summed E-state index contributed by atoms with van der Waals surface area (Å²) in [6, 6.07) is 3.50. The van der Waals surface area contributed by atoms with Crippen molar-refractivity contribution in [2.45, 2.75) is 18.9 Å². The lowest BCUT2D eigenvalue weighted by atomic mass is 10.2. The molecule has 0 aliphatic carbocycles. The normalized spacial score (nSPS) is 12.2. The summed E-state index contributed by atoms with van der Waals surface area (Å²) >= 11 is 5.53. The van der Waals surface area contributed by atoms with Gasteiger partial charge in [-0.1, -0.05) is 11.6 Å². The SMILES string of the molecule is Fc1cc(Cl)cc(CNCC(F)(F)C(F)F)c1. The van der Waals surface area contributed by atoms with Crippen LogP contribution in [0.4, 0.5) is 22.0 Å². The van der Waals surface area contributed by atoms with E-state index in [0.29, 0.717) is 5.56 Å². The smallest absolute Gasteiger partial charge is 0.307 e. The molecule has 96 valence electrons. The Morgan fingerprint density at radius 1 is 1.24 bits per heavy atom. The van der Waals surface area contributed by atoms with E-state index >= 15 is 0 Å². The van der Waals surface area contributed by atoms with Crippen LogP contribution < -0.4 is 5.32 Å². The molecule has 1 N–H and O–H groups in total. The summed E-state index contributed by atoms with van der Waals surface area (Å²) in [5, 5.41) is 2.24. The van der Waals surface area contributed by atoms with Crippen LogP contribution in [0.5, 0.6) is 0 Å². The Hall–Kier alpha value is -0.880. The highest BCUT2D eigenvalue weighted by molar-refractivity contribution is 6.30. The van der Waals surface area contributed by atoms with Gasteiger partial charge in [-0.05, 0) is 23.8 Å². The third-order valence-electron chi connectivity index (χ3n) is 1.93. The fraction of sp³-hybridized carbons (Fsp3) is 0.400. The van der Waals surface area contributed by atoms with Crippen LogP contribution in [0.25, 0.3) is 0 Å². The topological polar surface area (TPSA) is 12.0 Å². The molecule has 0 atom stereocenters. The predicted octanol–water partition coefficient (Wildman–Crippen LogP) is 3.47. The van der Waals surface area contributed by atoms with Gasteiger partial charge in [-0.25, -0.2) is 13.2 Å². The number of benzene rings is 1. The molecule has 0 aliphatic rings. The van der Waals surface area contributed by atoms with E-state index in [1.54, 1.807) is 0 Å². The first kappa shape index (κ1) is 14.2. The van der Waals surface area contributed by atoms with E-state index in [-0.39, 0.29) is 11.6 Å². The summed E-state index contributed by atoms with van der Waals surface area (Å²) in [5.41, 5.74) is 0.306. The van der Waals surface area contributed by atoms with Crippen LogP contribution in [0.3, 0.4) is 0 Å². The van der Waals surface area contributed by atoms with Gasteiger partial charge in [-0.15, -0.1) is 0 Å². The van der Waals surface area contributed by atoms with Crippen LogP contribution in [-0.2, 0) is 6.54 Å². The molecule has 0 aliphatic heterocycles. The number of hydrogen-bond acceptors (Lipinski definition) is 1. The van der Waals surface area contributed by atoms with E-state index < -0.39 is 24.7 Å². The zero-order valence-electron chi connectivity index (χ0n) is 8.49. The first-order valence-corrected chi connectivity index (χ1v) is 5.01. The van der Waals surface area contributed by atoms with Gasteiger partial charge in [-0.3, -0.25) is 0 Å². The number of nitrogens with one attached hydrogen (secondary N) is 1. The lowest BCUT2D eigenvalue weighted by Gasteiger charge is -2.15. The fourth-order valence-corrected chi connectivity index (χ4v) is 1.41. The largest absolute Gasteiger partial charge is 0.319 e. The second kappa shape index (κ2) is 5.64. The Labute approximate surface area is 99.6 Å². The molecular weight excluding hydrogens is 265 g/mol. The van der Waals surface area contributed by atoms with Crippen molar-refractivity contribution < 1.29 is 22.0 Å². The van der Waals surface area contributed by atoms with Crippen LogP contribution in [0, 0.1) is 5.82 Å². The van der Waals surface area contributed by atoms with E-state index in [0.717, 1.165) is 12.1 Å². The average Bonchev–Trinajstić information content (AvgIpc) is 2.15. The lowest BCUT2D eigenvalue weighted by Crippen LogP contribution is -2.38. The van der Waals surface area contributed by atoms with E-state index in [1.165, 1.54) is 6.07 Å². The van der Waals surface area contributed by atoms with Crippen molar-refractivity contribution in [3.63, 3.8) is 0 Å². The van der Waals surface area contributed by atoms with Crippen molar-refractivity contribution in [3.8, 4) is 0 Å². The van der Waals surface area contributed by atoms with Crippen LogP contribution in [0.15, 0.2) is 18.2 Å². The minimum atomic E-state index is -4.10. The van der Waals surface area contributed by atoms with E-state index in [9.17, 15) is 22.0 Å². The van der Waals surface area contributed by atoms with Gasteiger partial charge in [0.25, 0.3) is 0 Å². The van der Waals surface area contributed by atoms with Crippen molar-refractivity contribution in [1.29, 1.82) is 0 Å². The molecule has 0 radical (unpaired) electrons. The predicted molar refractivity (Wildman–Crippen MR) is 54.1 cm³/mol.